The van der Waals surface area contributed by atoms with E-state index < -0.39 is 0 Å². The highest BCUT2D eigenvalue weighted by molar-refractivity contribution is 5.47. The Labute approximate surface area is 102 Å². The maximum Gasteiger partial charge on any atom is 0.134 e. The van der Waals surface area contributed by atoms with Gasteiger partial charge in [0.15, 0.2) is 0 Å². The second-order valence-corrected chi connectivity index (χ2v) is 4.76. The fraction of sp³-hybridized carbons (Fsp3) is 0.667. The van der Waals surface area contributed by atoms with E-state index >= 15 is 0 Å². The molecule has 0 amide bonds. The zero-order valence-electron chi connectivity index (χ0n) is 10.4. The van der Waals surface area contributed by atoms with Crippen LogP contribution in [0.3, 0.4) is 0 Å². The molecule has 1 saturated heterocycles. The van der Waals surface area contributed by atoms with Crippen LogP contribution in [-0.4, -0.2) is 34.3 Å². The van der Waals surface area contributed by atoms with Crippen molar-refractivity contribution in [3.05, 3.63) is 11.9 Å². The average molecular weight is 236 g/mol. The number of rotatable bonds is 2. The quantitative estimate of drug-likeness (QED) is 0.800. The molecule has 1 aromatic heterocycles. The molecule has 5 nitrogen and oxygen atoms in total. The number of aromatic nitrogens is 2. The summed E-state index contributed by atoms with van der Waals surface area (Å²) in [6, 6.07) is 1.82. The molecular weight excluding hydrogens is 216 g/mol. The molecule has 17 heavy (non-hydrogen) atoms. The van der Waals surface area contributed by atoms with Gasteiger partial charge in [-0.3, -0.25) is 0 Å². The summed E-state index contributed by atoms with van der Waals surface area (Å²) < 4.78 is 0. The van der Waals surface area contributed by atoms with E-state index in [0.717, 1.165) is 31.7 Å². The Morgan fingerprint density at radius 1 is 1.41 bits per heavy atom. The number of piperidine rings is 1. The van der Waals surface area contributed by atoms with E-state index in [1.165, 1.54) is 0 Å². The summed E-state index contributed by atoms with van der Waals surface area (Å²) in [6.45, 7) is 5.56. The van der Waals surface area contributed by atoms with Gasteiger partial charge in [0.2, 0.25) is 0 Å². The van der Waals surface area contributed by atoms with Crippen molar-refractivity contribution < 1.29 is 5.11 Å². The Morgan fingerprint density at radius 2 is 2.06 bits per heavy atom. The first-order valence-corrected chi connectivity index (χ1v) is 6.10. The van der Waals surface area contributed by atoms with E-state index in [4.69, 9.17) is 5.73 Å². The highest BCUT2D eigenvalue weighted by Gasteiger charge is 2.23. The Morgan fingerprint density at radius 3 is 2.59 bits per heavy atom. The van der Waals surface area contributed by atoms with Gasteiger partial charge in [0.25, 0.3) is 0 Å². The Bertz CT molecular complexity index is 366. The van der Waals surface area contributed by atoms with E-state index in [1.54, 1.807) is 0 Å². The third-order valence-electron chi connectivity index (χ3n) is 3.39. The number of nitrogen functional groups attached to an aromatic ring is 1. The molecule has 2 heterocycles. The lowest BCUT2D eigenvalue weighted by atomic mass is 9.92. The number of hydrogen-bond acceptors (Lipinski definition) is 5. The molecule has 1 aliphatic heterocycles. The minimum Gasteiger partial charge on any atom is -0.393 e. The molecule has 1 fully saturated rings. The van der Waals surface area contributed by atoms with Gasteiger partial charge >= 0.3 is 0 Å². The summed E-state index contributed by atoms with van der Waals surface area (Å²) in [4.78, 5) is 10.7. The monoisotopic (exact) mass is 236 g/mol. The lowest BCUT2D eigenvalue weighted by Crippen LogP contribution is -2.37. The van der Waals surface area contributed by atoms with Crippen molar-refractivity contribution in [1.29, 1.82) is 0 Å². The second-order valence-electron chi connectivity index (χ2n) is 4.76. The minimum absolute atomic E-state index is 0.214. The molecule has 0 aromatic carbocycles. The third-order valence-corrected chi connectivity index (χ3v) is 3.39. The van der Waals surface area contributed by atoms with Gasteiger partial charge in [-0.15, -0.1) is 0 Å². The van der Waals surface area contributed by atoms with E-state index in [1.807, 2.05) is 19.9 Å². The SMILES string of the molecule is Cc1nc(N)cc(N2CCC(C(C)O)CC2)n1. The normalized spacial score (nSPS) is 19.4. The zero-order chi connectivity index (χ0) is 12.4. The second kappa shape index (κ2) is 4.87. The molecule has 1 atom stereocenters. The van der Waals surface area contributed by atoms with Crippen molar-refractivity contribution in [2.75, 3.05) is 23.7 Å². The van der Waals surface area contributed by atoms with E-state index in [2.05, 4.69) is 14.9 Å². The van der Waals surface area contributed by atoms with Crippen LogP contribution in [0, 0.1) is 12.8 Å². The van der Waals surface area contributed by atoms with Gasteiger partial charge in [0.05, 0.1) is 6.10 Å². The molecule has 2 rings (SSSR count). The van der Waals surface area contributed by atoms with Crippen LogP contribution in [0.5, 0.6) is 0 Å². The fourth-order valence-electron chi connectivity index (χ4n) is 2.35. The Balaban J connectivity index is 2.05. The largest absolute Gasteiger partial charge is 0.393 e. The predicted octanol–water partition coefficient (Wildman–Crippen LogP) is 0.964. The van der Waals surface area contributed by atoms with Gasteiger partial charge < -0.3 is 15.7 Å². The van der Waals surface area contributed by atoms with Crippen LogP contribution in [0.1, 0.15) is 25.6 Å². The van der Waals surface area contributed by atoms with Crippen LogP contribution in [0.2, 0.25) is 0 Å². The van der Waals surface area contributed by atoms with Crippen LogP contribution >= 0.6 is 0 Å². The smallest absolute Gasteiger partial charge is 0.134 e. The molecule has 1 aromatic rings. The molecular formula is C12H20N4O. The van der Waals surface area contributed by atoms with Gasteiger partial charge in [0, 0.05) is 19.2 Å². The Hall–Kier alpha value is -1.36. The summed E-state index contributed by atoms with van der Waals surface area (Å²) in [5, 5.41) is 9.56. The summed E-state index contributed by atoms with van der Waals surface area (Å²) in [6.07, 6.45) is 1.79. The van der Waals surface area contributed by atoms with Crippen molar-refractivity contribution in [2.24, 2.45) is 5.92 Å². The first-order valence-electron chi connectivity index (χ1n) is 6.10. The van der Waals surface area contributed by atoms with E-state index in [0.29, 0.717) is 17.6 Å². The maximum atomic E-state index is 9.56. The van der Waals surface area contributed by atoms with Crippen molar-refractivity contribution >= 4 is 11.6 Å². The lowest BCUT2D eigenvalue weighted by molar-refractivity contribution is 0.110. The van der Waals surface area contributed by atoms with Crippen LogP contribution in [0.15, 0.2) is 6.07 Å². The first-order chi connectivity index (χ1) is 8.06. The van der Waals surface area contributed by atoms with Crippen LogP contribution < -0.4 is 10.6 Å². The highest BCUT2D eigenvalue weighted by atomic mass is 16.3. The molecule has 1 aliphatic rings. The lowest BCUT2D eigenvalue weighted by Gasteiger charge is -2.34. The van der Waals surface area contributed by atoms with E-state index in [9.17, 15) is 5.11 Å². The molecule has 94 valence electrons. The topological polar surface area (TPSA) is 75.3 Å². The number of hydrogen-bond donors (Lipinski definition) is 2. The fourth-order valence-corrected chi connectivity index (χ4v) is 2.35. The number of nitrogens with two attached hydrogens (primary N) is 1. The van der Waals surface area contributed by atoms with Gasteiger partial charge in [-0.2, -0.15) is 0 Å². The van der Waals surface area contributed by atoms with Crippen LogP contribution in [0.25, 0.3) is 0 Å². The number of aliphatic hydroxyl groups excluding tert-OH is 1. The number of anilines is 2. The molecule has 5 heteroatoms. The highest BCUT2D eigenvalue weighted by Crippen LogP contribution is 2.24. The molecule has 0 spiro atoms. The molecule has 0 aliphatic carbocycles. The Kier molecular flexibility index (Phi) is 3.47. The molecule has 3 N–H and O–H groups in total. The van der Waals surface area contributed by atoms with Crippen LogP contribution in [0.4, 0.5) is 11.6 Å². The zero-order valence-corrected chi connectivity index (χ0v) is 10.4. The molecule has 0 saturated carbocycles. The van der Waals surface area contributed by atoms with Gasteiger partial charge in [0.1, 0.15) is 17.5 Å². The molecule has 0 radical (unpaired) electrons. The van der Waals surface area contributed by atoms with Crippen molar-refractivity contribution in [3.8, 4) is 0 Å². The van der Waals surface area contributed by atoms with Crippen molar-refractivity contribution in [1.82, 2.24) is 9.97 Å². The molecule has 1 unspecified atom stereocenters. The minimum atomic E-state index is -0.214. The maximum absolute atomic E-state index is 9.56. The number of aryl methyl sites for hydroxylation is 1. The summed E-state index contributed by atoms with van der Waals surface area (Å²) >= 11 is 0. The van der Waals surface area contributed by atoms with Gasteiger partial charge in [-0.05, 0) is 32.6 Å². The first kappa shape index (κ1) is 12.1. The van der Waals surface area contributed by atoms with Gasteiger partial charge in [-0.25, -0.2) is 9.97 Å². The van der Waals surface area contributed by atoms with E-state index in [-0.39, 0.29) is 6.10 Å². The number of nitrogens with zero attached hydrogens (tertiary/aromatic N) is 3. The number of aliphatic hydroxyl groups is 1. The van der Waals surface area contributed by atoms with Crippen molar-refractivity contribution in [2.45, 2.75) is 32.8 Å². The summed E-state index contributed by atoms with van der Waals surface area (Å²) in [5.41, 5.74) is 5.72. The van der Waals surface area contributed by atoms with Crippen molar-refractivity contribution in [3.63, 3.8) is 0 Å². The molecule has 0 bridgehead atoms. The summed E-state index contributed by atoms with van der Waals surface area (Å²) in [7, 11) is 0. The van der Waals surface area contributed by atoms with Gasteiger partial charge in [-0.1, -0.05) is 0 Å². The standard InChI is InChI=1S/C12H20N4O/c1-8(17)10-3-5-16(6-4-10)12-7-11(13)14-9(2)15-12/h7-8,10,17H,3-6H2,1-2H3,(H2,13,14,15). The average Bonchev–Trinajstić information content (AvgIpc) is 2.28. The summed E-state index contributed by atoms with van der Waals surface area (Å²) in [5.74, 6) is 2.54. The third kappa shape index (κ3) is 2.85. The van der Waals surface area contributed by atoms with Crippen LogP contribution in [-0.2, 0) is 0 Å². The predicted molar refractivity (Wildman–Crippen MR) is 67.8 cm³/mol.